The van der Waals surface area contributed by atoms with Gasteiger partial charge in [-0.15, -0.1) is 0 Å². The van der Waals surface area contributed by atoms with Crippen molar-refractivity contribution < 1.29 is 14.5 Å². The smallest absolute Gasteiger partial charge is 0.293 e. The minimum atomic E-state index is -0.382. The summed E-state index contributed by atoms with van der Waals surface area (Å²) in [7, 11) is 0. The number of amides is 1. The van der Waals surface area contributed by atoms with E-state index in [1.54, 1.807) is 17.0 Å². The predicted octanol–water partition coefficient (Wildman–Crippen LogP) is 2.69. The summed E-state index contributed by atoms with van der Waals surface area (Å²) < 4.78 is 5.46. The highest BCUT2D eigenvalue weighted by Gasteiger charge is 2.27. The van der Waals surface area contributed by atoms with Gasteiger partial charge in [-0.1, -0.05) is 6.92 Å². The molecule has 25 heavy (non-hydrogen) atoms. The quantitative estimate of drug-likeness (QED) is 0.621. The molecule has 1 aromatic carbocycles. The normalized spacial score (nSPS) is 24.2. The van der Waals surface area contributed by atoms with E-state index in [0.29, 0.717) is 36.9 Å². The molecule has 0 aromatic heterocycles. The first kappa shape index (κ1) is 17.7. The number of piperidine rings is 1. The zero-order chi connectivity index (χ0) is 18.0. The van der Waals surface area contributed by atoms with Gasteiger partial charge in [-0.25, -0.2) is 0 Å². The van der Waals surface area contributed by atoms with E-state index in [1.807, 2.05) is 6.92 Å². The van der Waals surface area contributed by atoms with E-state index in [0.717, 1.165) is 25.9 Å². The summed E-state index contributed by atoms with van der Waals surface area (Å²) in [5.74, 6) is 0.348. The lowest BCUT2D eigenvalue weighted by molar-refractivity contribution is -0.384. The second kappa shape index (κ2) is 7.39. The second-order valence-corrected chi connectivity index (χ2v) is 7.09. The number of benzene rings is 1. The summed E-state index contributed by atoms with van der Waals surface area (Å²) >= 11 is 0. The summed E-state index contributed by atoms with van der Waals surface area (Å²) in [6.45, 7) is 7.24. The number of nitrogens with zero attached hydrogens (tertiary/aromatic N) is 3. The van der Waals surface area contributed by atoms with Gasteiger partial charge in [0.2, 0.25) is 0 Å². The Balaban J connectivity index is 1.86. The third-order valence-corrected chi connectivity index (χ3v) is 4.95. The molecule has 0 spiro atoms. The van der Waals surface area contributed by atoms with Crippen molar-refractivity contribution in [3.63, 3.8) is 0 Å². The Hall–Kier alpha value is -2.15. The van der Waals surface area contributed by atoms with Gasteiger partial charge in [-0.05, 0) is 37.8 Å². The number of hydrogen-bond acceptors (Lipinski definition) is 5. The molecule has 0 N–H and O–H groups in total. The molecule has 1 aromatic rings. The molecule has 2 fully saturated rings. The Morgan fingerprint density at radius 2 is 2.08 bits per heavy atom. The average molecular weight is 347 g/mol. The number of ether oxygens (including phenoxy) is 1. The molecule has 2 aliphatic rings. The molecule has 7 nitrogen and oxygen atoms in total. The number of carbonyl (C=O) groups is 1. The molecule has 2 saturated heterocycles. The first-order chi connectivity index (χ1) is 12.0. The highest BCUT2D eigenvalue weighted by Crippen LogP contribution is 2.32. The van der Waals surface area contributed by atoms with Crippen LogP contribution in [0.4, 0.5) is 11.4 Å². The summed E-state index contributed by atoms with van der Waals surface area (Å²) in [5, 5.41) is 11.6. The van der Waals surface area contributed by atoms with Crippen LogP contribution in [0.15, 0.2) is 18.2 Å². The fourth-order valence-corrected chi connectivity index (χ4v) is 3.66. The summed E-state index contributed by atoms with van der Waals surface area (Å²) in [6.07, 6.45) is 2.17. The van der Waals surface area contributed by atoms with Crippen molar-refractivity contribution in [2.24, 2.45) is 5.92 Å². The maximum Gasteiger partial charge on any atom is 0.293 e. The lowest BCUT2D eigenvalue weighted by atomic mass is 9.99. The summed E-state index contributed by atoms with van der Waals surface area (Å²) in [6, 6.07) is 4.87. The molecule has 2 aliphatic heterocycles. The topological polar surface area (TPSA) is 75.9 Å². The van der Waals surface area contributed by atoms with Gasteiger partial charge in [0, 0.05) is 37.8 Å². The van der Waals surface area contributed by atoms with Gasteiger partial charge < -0.3 is 14.5 Å². The van der Waals surface area contributed by atoms with Crippen molar-refractivity contribution in [2.75, 3.05) is 37.7 Å². The Bertz CT molecular complexity index is 664. The molecule has 0 saturated carbocycles. The molecule has 0 aliphatic carbocycles. The highest BCUT2D eigenvalue weighted by atomic mass is 16.6. The van der Waals surface area contributed by atoms with E-state index in [4.69, 9.17) is 4.74 Å². The van der Waals surface area contributed by atoms with Crippen LogP contribution in [-0.2, 0) is 4.74 Å². The molecule has 3 rings (SSSR count). The van der Waals surface area contributed by atoms with E-state index in [1.165, 1.54) is 6.07 Å². The van der Waals surface area contributed by atoms with Crippen molar-refractivity contribution in [3.8, 4) is 0 Å². The Kier molecular flexibility index (Phi) is 5.22. The summed E-state index contributed by atoms with van der Waals surface area (Å²) in [5.41, 5.74) is 0.999. The third kappa shape index (κ3) is 3.92. The van der Waals surface area contributed by atoms with Crippen LogP contribution in [0.1, 0.15) is 37.0 Å². The fourth-order valence-electron chi connectivity index (χ4n) is 3.66. The van der Waals surface area contributed by atoms with Gasteiger partial charge in [-0.2, -0.15) is 0 Å². The fraction of sp³-hybridized carbons (Fsp3) is 0.611. The maximum atomic E-state index is 12.7. The number of nitro benzene ring substituents is 1. The van der Waals surface area contributed by atoms with Gasteiger partial charge in [0.15, 0.2) is 0 Å². The molecule has 2 heterocycles. The SMILES string of the molecule is C[C@H]1CCCN(c2ccc(C(=O)N3CCO[C@@H](C)C3)cc2[N+](=O)[O-])C1. The van der Waals surface area contributed by atoms with Crippen molar-refractivity contribution in [1.82, 2.24) is 4.90 Å². The van der Waals surface area contributed by atoms with Crippen LogP contribution in [0.3, 0.4) is 0 Å². The Labute approximate surface area is 147 Å². The van der Waals surface area contributed by atoms with E-state index >= 15 is 0 Å². The largest absolute Gasteiger partial charge is 0.375 e. The average Bonchev–Trinajstić information content (AvgIpc) is 2.60. The molecule has 0 unspecified atom stereocenters. The molecule has 1 amide bonds. The third-order valence-electron chi connectivity index (χ3n) is 4.95. The first-order valence-corrected chi connectivity index (χ1v) is 8.90. The molecule has 7 heteroatoms. The van der Waals surface area contributed by atoms with Gasteiger partial charge in [-0.3, -0.25) is 14.9 Å². The number of nitro groups is 1. The van der Waals surface area contributed by atoms with E-state index in [-0.39, 0.29) is 22.6 Å². The highest BCUT2D eigenvalue weighted by molar-refractivity contribution is 5.96. The number of rotatable bonds is 3. The number of morpholine rings is 1. The Morgan fingerprint density at radius 1 is 1.28 bits per heavy atom. The minimum absolute atomic E-state index is 0.0122. The molecule has 0 radical (unpaired) electrons. The number of hydrogen-bond donors (Lipinski definition) is 0. The minimum Gasteiger partial charge on any atom is -0.375 e. The van der Waals surface area contributed by atoms with Crippen LogP contribution in [0.2, 0.25) is 0 Å². The van der Waals surface area contributed by atoms with Gasteiger partial charge >= 0.3 is 0 Å². The van der Waals surface area contributed by atoms with Gasteiger partial charge in [0.05, 0.1) is 17.6 Å². The van der Waals surface area contributed by atoms with Crippen LogP contribution in [0.25, 0.3) is 0 Å². The lowest BCUT2D eigenvalue weighted by Crippen LogP contribution is -2.44. The van der Waals surface area contributed by atoms with Gasteiger partial charge in [0.1, 0.15) is 5.69 Å². The standard InChI is InChI=1S/C18H25N3O4/c1-13-4-3-7-19(11-13)16-6-5-15(10-17(16)21(23)24)18(22)20-8-9-25-14(2)12-20/h5-6,10,13-14H,3-4,7-9,11-12H2,1-2H3/t13-,14-/m0/s1. The Morgan fingerprint density at radius 3 is 2.76 bits per heavy atom. The van der Waals surface area contributed by atoms with Crippen molar-refractivity contribution in [3.05, 3.63) is 33.9 Å². The van der Waals surface area contributed by atoms with Crippen LogP contribution in [0, 0.1) is 16.0 Å². The lowest BCUT2D eigenvalue weighted by Gasteiger charge is -2.33. The monoisotopic (exact) mass is 347 g/mol. The zero-order valence-electron chi connectivity index (χ0n) is 14.8. The zero-order valence-corrected chi connectivity index (χ0v) is 14.8. The van der Waals surface area contributed by atoms with Crippen LogP contribution in [0.5, 0.6) is 0 Å². The van der Waals surface area contributed by atoms with Crippen LogP contribution >= 0.6 is 0 Å². The van der Waals surface area contributed by atoms with E-state index in [9.17, 15) is 14.9 Å². The van der Waals surface area contributed by atoms with Crippen LogP contribution in [-0.4, -0.2) is 54.6 Å². The first-order valence-electron chi connectivity index (χ1n) is 8.90. The maximum absolute atomic E-state index is 12.7. The van der Waals surface area contributed by atoms with E-state index < -0.39 is 0 Å². The molecule has 136 valence electrons. The number of anilines is 1. The van der Waals surface area contributed by atoms with E-state index in [2.05, 4.69) is 11.8 Å². The van der Waals surface area contributed by atoms with Crippen LogP contribution < -0.4 is 4.90 Å². The molecule has 0 bridgehead atoms. The number of carbonyl (C=O) groups excluding carboxylic acids is 1. The van der Waals surface area contributed by atoms with Crippen molar-refractivity contribution >= 4 is 17.3 Å². The molecular weight excluding hydrogens is 322 g/mol. The van der Waals surface area contributed by atoms with Crippen molar-refractivity contribution in [2.45, 2.75) is 32.8 Å². The van der Waals surface area contributed by atoms with Crippen molar-refractivity contribution in [1.29, 1.82) is 0 Å². The molecular formula is C18H25N3O4. The molecule has 2 atom stereocenters. The second-order valence-electron chi connectivity index (χ2n) is 7.09. The van der Waals surface area contributed by atoms with Gasteiger partial charge in [0.25, 0.3) is 11.6 Å². The summed E-state index contributed by atoms with van der Waals surface area (Å²) in [4.78, 5) is 27.7. The predicted molar refractivity (Wildman–Crippen MR) is 95.0 cm³/mol.